The zero-order valence-electron chi connectivity index (χ0n) is 19.1. The number of halogens is 7. The molecule has 1 saturated heterocycles. The van der Waals surface area contributed by atoms with Crippen LogP contribution in [-0.2, 0) is 12.7 Å². The van der Waals surface area contributed by atoms with Gasteiger partial charge in [-0.2, -0.15) is 23.5 Å². The molecule has 3 heterocycles. The fraction of sp³-hybridized carbons (Fsp3) is 0.348. The van der Waals surface area contributed by atoms with Crippen molar-refractivity contribution in [3.05, 3.63) is 67.7 Å². The molecule has 198 valence electrons. The van der Waals surface area contributed by atoms with E-state index in [1.807, 2.05) is 0 Å². The molecule has 0 N–H and O–H groups in total. The van der Waals surface area contributed by atoms with E-state index in [9.17, 15) is 41.2 Å². The molecule has 1 aromatic carbocycles. The number of aromatic nitrogens is 4. The summed E-state index contributed by atoms with van der Waals surface area (Å²) in [6, 6.07) is 5.39. The summed E-state index contributed by atoms with van der Waals surface area (Å²) in [6.45, 7) is -0.590. The summed E-state index contributed by atoms with van der Waals surface area (Å²) < 4.78 is 82.2. The van der Waals surface area contributed by atoms with Crippen molar-refractivity contribution in [3.8, 4) is 23.0 Å². The number of alkyl halides is 5. The Morgan fingerprint density at radius 2 is 1.82 bits per heavy atom. The molecular weight excluding hydrogens is 542 g/mol. The Balaban J connectivity index is 1.77. The van der Waals surface area contributed by atoms with Gasteiger partial charge in [-0.1, -0.05) is 17.7 Å². The summed E-state index contributed by atoms with van der Waals surface area (Å²) in [5, 5.41) is 15.8. The van der Waals surface area contributed by atoms with Crippen LogP contribution in [0.5, 0.6) is 0 Å². The van der Waals surface area contributed by atoms with Crippen LogP contribution in [0, 0.1) is 22.6 Å². The average Bonchev–Trinajstić information content (AvgIpc) is 2.79. The van der Waals surface area contributed by atoms with E-state index >= 15 is 0 Å². The van der Waals surface area contributed by atoms with Gasteiger partial charge >= 0.3 is 11.9 Å². The molecule has 15 heteroatoms. The zero-order chi connectivity index (χ0) is 27.6. The third kappa shape index (κ3) is 4.20. The van der Waals surface area contributed by atoms with Crippen molar-refractivity contribution < 1.29 is 26.3 Å². The van der Waals surface area contributed by atoms with Crippen molar-refractivity contribution in [2.45, 2.75) is 31.5 Å². The highest BCUT2D eigenvalue weighted by molar-refractivity contribution is 6.31. The standard InChI is InChI=1S/C23H15ClF6N6O2/c24-14-5-12(1-2-15(14)25)17-18(34-10-21(11-34)8-22(26,27)9-21)35(4-3-31)20(38)36(19(17)37)16-6-13(7-32-33-16)23(28,29)30/h1-2,5-7H,4,8-11H2. The molecule has 1 saturated carbocycles. The number of benzene rings is 1. The van der Waals surface area contributed by atoms with Crippen molar-refractivity contribution in [3.63, 3.8) is 0 Å². The highest BCUT2D eigenvalue weighted by Gasteiger charge is 2.62. The Morgan fingerprint density at radius 3 is 2.39 bits per heavy atom. The van der Waals surface area contributed by atoms with Crippen LogP contribution < -0.4 is 16.1 Å². The number of anilines is 1. The van der Waals surface area contributed by atoms with E-state index in [-0.39, 0.29) is 30.0 Å². The number of rotatable bonds is 4. The molecule has 3 aromatic rings. The third-order valence-corrected chi connectivity index (χ3v) is 6.86. The van der Waals surface area contributed by atoms with E-state index in [4.69, 9.17) is 11.6 Å². The average molecular weight is 557 g/mol. The highest BCUT2D eigenvalue weighted by Crippen LogP contribution is 2.57. The topological polar surface area (TPSA) is 96.8 Å². The van der Waals surface area contributed by atoms with Crippen LogP contribution in [0.1, 0.15) is 18.4 Å². The lowest BCUT2D eigenvalue weighted by molar-refractivity contribution is -0.170. The maximum Gasteiger partial charge on any atom is 0.418 e. The van der Waals surface area contributed by atoms with Gasteiger partial charge in [0.25, 0.3) is 5.56 Å². The number of hydrogen-bond acceptors (Lipinski definition) is 6. The summed E-state index contributed by atoms with van der Waals surface area (Å²) in [7, 11) is 0. The molecule has 2 aliphatic rings. The molecule has 1 aliphatic heterocycles. The molecule has 1 spiro atoms. The molecular formula is C23H15ClF6N6O2. The molecule has 2 aromatic heterocycles. The minimum atomic E-state index is -4.87. The Morgan fingerprint density at radius 1 is 1.13 bits per heavy atom. The van der Waals surface area contributed by atoms with Crippen LogP contribution >= 0.6 is 11.6 Å². The minimum absolute atomic E-state index is 0.0170. The maximum atomic E-state index is 13.9. The Labute approximate surface area is 214 Å². The molecule has 2 fully saturated rings. The molecule has 5 rings (SSSR count). The van der Waals surface area contributed by atoms with Gasteiger partial charge in [0.1, 0.15) is 18.2 Å². The molecule has 1 aliphatic carbocycles. The van der Waals surface area contributed by atoms with Gasteiger partial charge in [0.15, 0.2) is 5.82 Å². The van der Waals surface area contributed by atoms with Crippen LogP contribution in [0.25, 0.3) is 16.9 Å². The van der Waals surface area contributed by atoms with E-state index in [1.165, 1.54) is 4.90 Å². The molecule has 0 atom stereocenters. The van der Waals surface area contributed by atoms with Crippen molar-refractivity contribution in [2.75, 3.05) is 18.0 Å². The van der Waals surface area contributed by atoms with Crippen LogP contribution in [0.2, 0.25) is 5.02 Å². The van der Waals surface area contributed by atoms with Gasteiger partial charge in [-0.15, -0.1) is 5.10 Å². The van der Waals surface area contributed by atoms with Crippen LogP contribution in [0.15, 0.2) is 40.1 Å². The SMILES string of the molecule is N#CCn1c(N2CC3(C2)CC(F)(F)C3)c(-c2ccc(F)c(Cl)c2)c(=O)n(-c2cc(C(F)(F)F)cnn2)c1=O. The lowest BCUT2D eigenvalue weighted by Gasteiger charge is -2.59. The first kappa shape index (κ1) is 25.8. The van der Waals surface area contributed by atoms with Crippen molar-refractivity contribution in [1.82, 2.24) is 19.3 Å². The van der Waals surface area contributed by atoms with E-state index in [0.717, 1.165) is 22.8 Å². The summed E-state index contributed by atoms with van der Waals surface area (Å²) in [5.41, 5.74) is -4.70. The summed E-state index contributed by atoms with van der Waals surface area (Å²) in [4.78, 5) is 28.7. The first-order valence-corrected chi connectivity index (χ1v) is 11.4. The molecule has 0 radical (unpaired) electrons. The highest BCUT2D eigenvalue weighted by atomic mass is 35.5. The van der Waals surface area contributed by atoms with Gasteiger partial charge in [0.2, 0.25) is 5.92 Å². The molecule has 0 unspecified atom stereocenters. The lowest BCUT2D eigenvalue weighted by atomic mass is 9.61. The van der Waals surface area contributed by atoms with Gasteiger partial charge in [0, 0.05) is 31.3 Å². The monoisotopic (exact) mass is 556 g/mol. The van der Waals surface area contributed by atoms with Gasteiger partial charge in [-0.3, -0.25) is 9.36 Å². The lowest BCUT2D eigenvalue weighted by Crippen LogP contribution is -2.67. The van der Waals surface area contributed by atoms with E-state index in [2.05, 4.69) is 10.2 Å². The minimum Gasteiger partial charge on any atom is -0.356 e. The zero-order valence-corrected chi connectivity index (χ0v) is 19.8. The molecule has 8 nitrogen and oxygen atoms in total. The summed E-state index contributed by atoms with van der Waals surface area (Å²) in [5.74, 6) is -4.55. The van der Waals surface area contributed by atoms with Gasteiger partial charge in [-0.25, -0.2) is 22.5 Å². The van der Waals surface area contributed by atoms with E-state index in [1.54, 1.807) is 6.07 Å². The van der Waals surface area contributed by atoms with E-state index < -0.39 is 70.4 Å². The predicted octanol–water partition coefficient (Wildman–Crippen LogP) is 4.03. The molecule has 38 heavy (non-hydrogen) atoms. The van der Waals surface area contributed by atoms with E-state index in [0.29, 0.717) is 16.8 Å². The second kappa shape index (κ2) is 8.59. The molecule has 0 bridgehead atoms. The van der Waals surface area contributed by atoms with Crippen molar-refractivity contribution in [2.24, 2.45) is 5.41 Å². The fourth-order valence-electron chi connectivity index (χ4n) is 5.09. The van der Waals surface area contributed by atoms with Gasteiger partial charge in [0.05, 0.1) is 28.4 Å². The Kier molecular flexibility index (Phi) is 5.82. The number of nitriles is 1. The predicted molar refractivity (Wildman–Crippen MR) is 122 cm³/mol. The van der Waals surface area contributed by atoms with Crippen molar-refractivity contribution >= 4 is 17.4 Å². The quantitative estimate of drug-likeness (QED) is 0.450. The Bertz CT molecular complexity index is 1610. The third-order valence-electron chi connectivity index (χ3n) is 6.57. The second-order valence-electron chi connectivity index (χ2n) is 9.36. The second-order valence-corrected chi connectivity index (χ2v) is 9.77. The normalized spacial score (nSPS) is 17.6. The van der Waals surface area contributed by atoms with Crippen LogP contribution in [0.4, 0.5) is 32.2 Å². The number of nitrogens with zero attached hydrogens (tertiary/aromatic N) is 6. The van der Waals surface area contributed by atoms with Crippen LogP contribution in [0.3, 0.4) is 0 Å². The van der Waals surface area contributed by atoms with Gasteiger partial charge in [-0.05, 0) is 23.8 Å². The largest absolute Gasteiger partial charge is 0.418 e. The van der Waals surface area contributed by atoms with Crippen molar-refractivity contribution in [1.29, 1.82) is 5.26 Å². The van der Waals surface area contributed by atoms with Gasteiger partial charge < -0.3 is 4.90 Å². The van der Waals surface area contributed by atoms with Crippen LogP contribution in [-0.4, -0.2) is 38.3 Å². The summed E-state index contributed by atoms with van der Waals surface area (Å²) in [6.07, 6.45) is -5.25. The maximum absolute atomic E-state index is 13.9. The number of hydrogen-bond donors (Lipinski definition) is 0. The smallest absolute Gasteiger partial charge is 0.356 e. The summed E-state index contributed by atoms with van der Waals surface area (Å²) >= 11 is 5.92. The molecule has 0 amide bonds. The first-order chi connectivity index (χ1) is 17.8. The Hall–Kier alpha value is -3.86. The fourth-order valence-corrected chi connectivity index (χ4v) is 5.27. The first-order valence-electron chi connectivity index (χ1n) is 11.0.